The van der Waals surface area contributed by atoms with Crippen LogP contribution in [0.15, 0.2) is 78.9 Å². The third kappa shape index (κ3) is 3.67. The molecule has 4 nitrogen and oxygen atoms in total. The quantitative estimate of drug-likeness (QED) is 0.310. The van der Waals surface area contributed by atoms with Crippen LogP contribution in [0.25, 0.3) is 11.1 Å². The summed E-state index contributed by atoms with van der Waals surface area (Å²) in [7, 11) is 0. The maximum atomic E-state index is 16.1. The van der Waals surface area contributed by atoms with Crippen molar-refractivity contribution in [3.05, 3.63) is 106 Å². The number of rotatable bonds is 5. The van der Waals surface area contributed by atoms with E-state index in [1.807, 2.05) is 30.3 Å². The summed E-state index contributed by atoms with van der Waals surface area (Å²) in [6, 6.07) is 20.7. The van der Waals surface area contributed by atoms with Gasteiger partial charge in [-0.3, -0.25) is 9.59 Å². The summed E-state index contributed by atoms with van der Waals surface area (Å²) < 4.78 is 36.5. The van der Waals surface area contributed by atoms with Crippen molar-refractivity contribution in [1.29, 1.82) is 0 Å². The second-order valence-corrected chi connectivity index (χ2v) is 9.30. The van der Waals surface area contributed by atoms with E-state index in [4.69, 9.17) is 16.3 Å². The van der Waals surface area contributed by atoms with Gasteiger partial charge in [0.25, 0.3) is 11.6 Å². The van der Waals surface area contributed by atoms with E-state index in [1.165, 1.54) is 42.5 Å². The highest BCUT2D eigenvalue weighted by molar-refractivity contribution is 7.21. The normalized spacial score (nSPS) is 17.3. The molecule has 0 saturated heterocycles. The van der Waals surface area contributed by atoms with Gasteiger partial charge in [0.1, 0.15) is 27.5 Å². The number of benzene rings is 3. The fourth-order valence-corrected chi connectivity index (χ4v) is 5.26. The number of ether oxygens (including phenoxy) is 1. The molecular formula is C26H16ClF2NO3S. The van der Waals surface area contributed by atoms with Crippen molar-refractivity contribution >= 4 is 39.6 Å². The molecule has 1 aliphatic rings. The Labute approximate surface area is 202 Å². The third-order valence-electron chi connectivity index (χ3n) is 5.56. The maximum absolute atomic E-state index is 16.1. The fourth-order valence-electron chi connectivity index (χ4n) is 3.90. The predicted octanol–water partition coefficient (Wildman–Crippen LogP) is 6.79. The van der Waals surface area contributed by atoms with Gasteiger partial charge in [-0.1, -0.05) is 72.3 Å². The molecule has 4 aromatic rings. The number of halogens is 3. The molecule has 1 amide bonds. The number of thiophene rings is 1. The highest BCUT2D eigenvalue weighted by atomic mass is 35.5. The summed E-state index contributed by atoms with van der Waals surface area (Å²) in [5.74, 6) is -2.48. The molecule has 34 heavy (non-hydrogen) atoms. The minimum Gasteiger partial charge on any atom is -0.488 e. The minimum atomic E-state index is -2.95. The summed E-state index contributed by atoms with van der Waals surface area (Å²) in [6.45, 7) is 0.186. The topological polar surface area (TPSA) is 55.4 Å². The lowest BCUT2D eigenvalue weighted by molar-refractivity contribution is -0.125. The van der Waals surface area contributed by atoms with E-state index < -0.39 is 23.2 Å². The zero-order valence-electron chi connectivity index (χ0n) is 17.5. The molecule has 0 spiro atoms. The van der Waals surface area contributed by atoms with Gasteiger partial charge in [-0.2, -0.15) is 0 Å². The summed E-state index contributed by atoms with van der Waals surface area (Å²) in [6.07, 6.45) is 0. The van der Waals surface area contributed by atoms with Crippen molar-refractivity contribution in [1.82, 2.24) is 0 Å². The Morgan fingerprint density at radius 3 is 2.32 bits per heavy atom. The summed E-state index contributed by atoms with van der Waals surface area (Å²) in [4.78, 5) is 26.2. The molecule has 1 atom stereocenters. The number of fused-ring (bicyclic) bond motifs is 1. The van der Waals surface area contributed by atoms with E-state index in [9.17, 15) is 14.0 Å². The number of amides is 1. The number of alkyl halides is 1. The van der Waals surface area contributed by atoms with Gasteiger partial charge in [0, 0.05) is 16.7 Å². The molecule has 2 heterocycles. The van der Waals surface area contributed by atoms with Crippen LogP contribution in [0.1, 0.15) is 21.5 Å². The Morgan fingerprint density at radius 1 is 0.941 bits per heavy atom. The first-order valence-corrected chi connectivity index (χ1v) is 11.5. The van der Waals surface area contributed by atoms with Crippen molar-refractivity contribution in [2.75, 3.05) is 5.32 Å². The van der Waals surface area contributed by atoms with Gasteiger partial charge in [-0.25, -0.2) is 8.78 Å². The second-order valence-electron chi connectivity index (χ2n) is 7.68. The molecule has 1 N–H and O–H groups in total. The van der Waals surface area contributed by atoms with Crippen molar-refractivity contribution in [2.45, 2.75) is 12.3 Å². The van der Waals surface area contributed by atoms with Gasteiger partial charge in [-0.05, 0) is 23.8 Å². The molecular weight excluding hydrogens is 480 g/mol. The highest BCUT2D eigenvalue weighted by Crippen LogP contribution is 2.51. The van der Waals surface area contributed by atoms with Crippen LogP contribution >= 0.6 is 22.9 Å². The molecule has 8 heteroatoms. The Bertz CT molecular complexity index is 1410. The average Bonchev–Trinajstić information content (AvgIpc) is 3.18. The molecule has 1 unspecified atom stereocenters. The van der Waals surface area contributed by atoms with Gasteiger partial charge < -0.3 is 10.1 Å². The van der Waals surface area contributed by atoms with E-state index in [0.717, 1.165) is 16.9 Å². The number of hydrogen-bond donors (Lipinski definition) is 1. The number of anilines is 1. The summed E-state index contributed by atoms with van der Waals surface area (Å²) >= 11 is 7.39. The lowest BCUT2D eigenvalue weighted by Gasteiger charge is -2.28. The molecule has 1 aromatic heterocycles. The first kappa shape index (κ1) is 22.3. The van der Waals surface area contributed by atoms with Crippen molar-refractivity contribution < 1.29 is 23.1 Å². The lowest BCUT2D eigenvalue weighted by atomic mass is 9.83. The average molecular weight is 496 g/mol. The molecule has 0 radical (unpaired) electrons. The maximum Gasteiger partial charge on any atom is 0.275 e. The van der Waals surface area contributed by atoms with E-state index in [0.29, 0.717) is 0 Å². The second kappa shape index (κ2) is 8.66. The minimum absolute atomic E-state index is 0.101. The smallest absolute Gasteiger partial charge is 0.275 e. The number of Topliss-reactive ketones (excluding diaryl/α,β-unsaturated/α-hetero) is 1. The van der Waals surface area contributed by atoms with Gasteiger partial charge >= 0.3 is 0 Å². The van der Waals surface area contributed by atoms with Crippen LogP contribution < -0.4 is 10.1 Å². The van der Waals surface area contributed by atoms with E-state index in [2.05, 4.69) is 5.32 Å². The Kier molecular flexibility index (Phi) is 5.67. The van der Waals surface area contributed by atoms with Crippen molar-refractivity contribution in [2.24, 2.45) is 0 Å². The number of ketones is 1. The van der Waals surface area contributed by atoms with Crippen LogP contribution in [0.4, 0.5) is 13.8 Å². The summed E-state index contributed by atoms with van der Waals surface area (Å²) in [5.41, 5.74) is -1.98. The molecule has 0 bridgehead atoms. The third-order valence-corrected chi connectivity index (χ3v) is 6.88. The first-order valence-electron chi connectivity index (χ1n) is 10.3. The van der Waals surface area contributed by atoms with Gasteiger partial charge in [0.15, 0.2) is 0 Å². The van der Waals surface area contributed by atoms with Crippen LogP contribution in [0.3, 0.4) is 0 Å². The van der Waals surface area contributed by atoms with E-state index in [-0.39, 0.29) is 43.9 Å². The van der Waals surface area contributed by atoms with E-state index >= 15 is 4.39 Å². The first-order chi connectivity index (χ1) is 16.4. The Morgan fingerprint density at radius 2 is 1.62 bits per heavy atom. The molecule has 3 aromatic carbocycles. The largest absolute Gasteiger partial charge is 0.488 e. The van der Waals surface area contributed by atoms with Gasteiger partial charge in [0.05, 0.1) is 5.56 Å². The fraction of sp³-hybridized carbons (Fsp3) is 0.0769. The van der Waals surface area contributed by atoms with Crippen LogP contribution in [-0.4, -0.2) is 11.7 Å². The summed E-state index contributed by atoms with van der Waals surface area (Å²) in [5, 5.41) is 2.58. The predicted molar refractivity (Wildman–Crippen MR) is 128 cm³/mol. The van der Waals surface area contributed by atoms with Crippen molar-refractivity contribution in [3.63, 3.8) is 0 Å². The van der Waals surface area contributed by atoms with Crippen LogP contribution in [0.5, 0.6) is 5.75 Å². The Balaban J connectivity index is 1.63. The standard InChI is InChI=1S/C26H16ClF2NO3S/c27-23-20(18-13-17(28)11-12-19(18)33-14-15-7-3-1-4-8-15)21-22(31)26(29,16-9-5-2-6-10-16)25(32)30-24(21)34-23/h1-13H,14H2,(H,30,32). The lowest BCUT2D eigenvalue weighted by Crippen LogP contribution is -2.47. The van der Waals surface area contributed by atoms with E-state index in [1.54, 1.807) is 6.07 Å². The molecule has 1 aliphatic heterocycles. The van der Waals surface area contributed by atoms with Crippen LogP contribution in [0.2, 0.25) is 4.34 Å². The SMILES string of the molecule is O=C1Nc2sc(Cl)c(-c3cc(F)ccc3OCc3ccccc3)c2C(=O)C1(F)c1ccccc1. The van der Waals surface area contributed by atoms with Crippen molar-refractivity contribution in [3.8, 4) is 16.9 Å². The number of hydrogen-bond acceptors (Lipinski definition) is 4. The van der Waals surface area contributed by atoms with Crippen LogP contribution in [0, 0.1) is 5.82 Å². The van der Waals surface area contributed by atoms with Gasteiger partial charge in [0.2, 0.25) is 5.78 Å². The molecule has 0 saturated carbocycles. The zero-order valence-corrected chi connectivity index (χ0v) is 19.1. The monoisotopic (exact) mass is 495 g/mol. The number of nitrogens with one attached hydrogen (secondary N) is 1. The molecule has 5 rings (SSSR count). The molecule has 170 valence electrons. The number of carbonyl (C=O) groups excluding carboxylic acids is 2. The van der Waals surface area contributed by atoms with Gasteiger partial charge in [-0.15, -0.1) is 11.3 Å². The highest BCUT2D eigenvalue weighted by Gasteiger charge is 2.54. The number of carbonyl (C=O) groups is 2. The molecule has 0 fully saturated rings. The van der Waals surface area contributed by atoms with Crippen LogP contribution in [-0.2, 0) is 17.1 Å². The molecule has 0 aliphatic carbocycles. The zero-order chi connectivity index (χ0) is 23.9. The Hall–Kier alpha value is -3.55.